The summed E-state index contributed by atoms with van der Waals surface area (Å²) in [5, 5.41) is 4.78. The lowest BCUT2D eigenvalue weighted by molar-refractivity contribution is 0.248. The number of carbonyl (C=O) groups excluding carboxylic acids is 1. The van der Waals surface area contributed by atoms with Gasteiger partial charge in [0.05, 0.1) is 22.4 Å². The van der Waals surface area contributed by atoms with Crippen LogP contribution in [0, 0.1) is 0 Å². The van der Waals surface area contributed by atoms with Crippen molar-refractivity contribution in [3.05, 3.63) is 41.3 Å². The first kappa shape index (κ1) is 17.5. The van der Waals surface area contributed by atoms with Gasteiger partial charge in [0.2, 0.25) is 0 Å². The second-order valence-corrected chi connectivity index (χ2v) is 6.77. The van der Waals surface area contributed by atoms with Crippen molar-refractivity contribution in [2.75, 3.05) is 13.2 Å². The molecule has 1 aromatic carbocycles. The molecule has 3 aromatic heterocycles. The van der Waals surface area contributed by atoms with E-state index in [0.717, 1.165) is 10.2 Å². The number of primary amides is 1. The van der Waals surface area contributed by atoms with Crippen LogP contribution in [0.4, 0.5) is 4.79 Å². The number of imidazole rings is 1. The van der Waals surface area contributed by atoms with Gasteiger partial charge in [-0.1, -0.05) is 11.6 Å². The molecular weight excluding hydrogens is 390 g/mol. The van der Waals surface area contributed by atoms with Crippen LogP contribution in [0.5, 0.6) is 5.75 Å². The fourth-order valence-electron chi connectivity index (χ4n) is 2.68. The van der Waals surface area contributed by atoms with Crippen LogP contribution in [0.2, 0.25) is 5.02 Å². The van der Waals surface area contributed by atoms with E-state index in [1.807, 2.05) is 6.07 Å². The van der Waals surface area contributed by atoms with Gasteiger partial charge in [0.15, 0.2) is 11.5 Å². The number of hydrogen-bond acceptors (Lipinski definition) is 7. The van der Waals surface area contributed by atoms with E-state index in [2.05, 4.69) is 15.1 Å². The fourth-order valence-corrected chi connectivity index (χ4v) is 3.69. The zero-order valence-corrected chi connectivity index (χ0v) is 15.4. The van der Waals surface area contributed by atoms with Gasteiger partial charge >= 0.3 is 6.03 Å². The summed E-state index contributed by atoms with van der Waals surface area (Å²) in [5.74, 6) is 1.13. The van der Waals surface area contributed by atoms with E-state index in [-0.39, 0.29) is 0 Å². The summed E-state index contributed by atoms with van der Waals surface area (Å²) in [6.45, 7) is 0.820. The number of amides is 1. The number of nitrogens with two attached hydrogens (primary N) is 2. The zero-order valence-electron chi connectivity index (χ0n) is 13.9. The van der Waals surface area contributed by atoms with E-state index in [9.17, 15) is 4.79 Å². The van der Waals surface area contributed by atoms with Gasteiger partial charge in [-0.2, -0.15) is 4.68 Å². The Morgan fingerprint density at radius 3 is 2.96 bits per heavy atom. The lowest BCUT2D eigenvalue weighted by atomic mass is 10.1. The van der Waals surface area contributed by atoms with Crippen molar-refractivity contribution in [1.29, 1.82) is 0 Å². The monoisotopic (exact) mass is 403 g/mol. The smallest absolute Gasteiger partial charge is 0.341 e. The highest BCUT2D eigenvalue weighted by atomic mass is 35.5. The molecule has 0 aliphatic heterocycles. The van der Waals surface area contributed by atoms with Crippen molar-refractivity contribution in [3.8, 4) is 22.8 Å². The summed E-state index contributed by atoms with van der Waals surface area (Å²) < 4.78 is 9.01. The van der Waals surface area contributed by atoms with Crippen LogP contribution in [0.15, 0.2) is 36.2 Å². The SMILES string of the molecule is NCCOc1ccc(-c2cncn2-c2nn(C(N)=O)c3ncsc23)c(Cl)c1. The number of halogens is 1. The Hall–Kier alpha value is -2.95. The maximum atomic E-state index is 11.6. The number of ether oxygens (including phenoxy) is 1. The Kier molecular flexibility index (Phi) is 4.52. The van der Waals surface area contributed by atoms with Crippen molar-refractivity contribution in [1.82, 2.24) is 24.3 Å². The molecule has 0 aliphatic rings. The molecule has 0 spiro atoms. The first-order valence-corrected chi connectivity index (χ1v) is 9.13. The predicted molar refractivity (Wildman–Crippen MR) is 103 cm³/mol. The summed E-state index contributed by atoms with van der Waals surface area (Å²) in [7, 11) is 0. The first-order valence-electron chi connectivity index (χ1n) is 7.87. The third-order valence-electron chi connectivity index (χ3n) is 3.83. The number of rotatable bonds is 5. The average Bonchev–Trinajstić information content (AvgIpc) is 3.35. The summed E-state index contributed by atoms with van der Waals surface area (Å²) >= 11 is 7.80. The quantitative estimate of drug-likeness (QED) is 0.526. The number of thiazole rings is 1. The van der Waals surface area contributed by atoms with Crippen LogP contribution >= 0.6 is 22.9 Å². The minimum absolute atomic E-state index is 0.402. The van der Waals surface area contributed by atoms with E-state index in [0.29, 0.717) is 45.8 Å². The van der Waals surface area contributed by atoms with Crippen molar-refractivity contribution in [2.45, 2.75) is 0 Å². The molecule has 0 atom stereocenters. The topological polar surface area (TPSA) is 127 Å². The minimum Gasteiger partial charge on any atom is -0.492 e. The van der Waals surface area contributed by atoms with Gasteiger partial charge in [-0.15, -0.1) is 16.4 Å². The Bertz CT molecular complexity index is 1130. The van der Waals surface area contributed by atoms with E-state index < -0.39 is 6.03 Å². The highest BCUT2D eigenvalue weighted by molar-refractivity contribution is 7.17. The maximum absolute atomic E-state index is 11.6. The summed E-state index contributed by atoms with van der Waals surface area (Å²) in [6, 6.07) is 4.64. The molecule has 9 nitrogen and oxygen atoms in total. The summed E-state index contributed by atoms with van der Waals surface area (Å²) in [6.07, 6.45) is 3.26. The molecule has 138 valence electrons. The third kappa shape index (κ3) is 3.03. The molecular formula is C16H14ClN7O2S. The van der Waals surface area contributed by atoms with Crippen LogP contribution < -0.4 is 16.2 Å². The molecule has 4 aromatic rings. The van der Waals surface area contributed by atoms with E-state index >= 15 is 0 Å². The van der Waals surface area contributed by atoms with E-state index in [1.165, 1.54) is 11.3 Å². The van der Waals surface area contributed by atoms with Crippen LogP contribution in [-0.4, -0.2) is 43.5 Å². The Labute approximate surface area is 162 Å². The van der Waals surface area contributed by atoms with Gasteiger partial charge in [0, 0.05) is 12.1 Å². The molecule has 11 heteroatoms. The number of carbonyl (C=O) groups is 1. The summed E-state index contributed by atoms with van der Waals surface area (Å²) in [5.41, 5.74) is 14.3. The molecule has 0 aliphatic carbocycles. The largest absolute Gasteiger partial charge is 0.492 e. The number of nitrogens with zero attached hydrogens (tertiary/aromatic N) is 5. The normalized spacial score (nSPS) is 11.2. The van der Waals surface area contributed by atoms with E-state index in [1.54, 1.807) is 34.7 Å². The van der Waals surface area contributed by atoms with Gasteiger partial charge in [0.25, 0.3) is 0 Å². The highest BCUT2D eigenvalue weighted by Gasteiger charge is 2.20. The maximum Gasteiger partial charge on any atom is 0.341 e. The molecule has 0 unspecified atom stereocenters. The number of hydrogen-bond donors (Lipinski definition) is 2. The standard InChI is InChI=1S/C16H14ClN7O2S/c17-11-5-9(26-4-3-18)1-2-10(11)12-6-20-7-23(12)15-13-14(21-8-27-13)24(22-15)16(19)25/h1-2,5-8H,3-4,18H2,(H2,19,25). The zero-order chi connectivity index (χ0) is 19.0. The lowest BCUT2D eigenvalue weighted by Crippen LogP contribution is -2.21. The molecule has 27 heavy (non-hydrogen) atoms. The van der Waals surface area contributed by atoms with Crippen LogP contribution in [0.1, 0.15) is 0 Å². The molecule has 1 amide bonds. The molecule has 0 fully saturated rings. The number of aromatic nitrogens is 5. The van der Waals surface area contributed by atoms with Crippen molar-refractivity contribution in [2.24, 2.45) is 11.5 Å². The van der Waals surface area contributed by atoms with Crippen molar-refractivity contribution >= 4 is 39.3 Å². The summed E-state index contributed by atoms with van der Waals surface area (Å²) in [4.78, 5) is 20.0. The molecule has 0 saturated carbocycles. The number of fused-ring (bicyclic) bond motifs is 1. The van der Waals surface area contributed by atoms with Crippen molar-refractivity contribution in [3.63, 3.8) is 0 Å². The Morgan fingerprint density at radius 1 is 1.37 bits per heavy atom. The highest BCUT2D eigenvalue weighted by Crippen LogP contribution is 2.34. The fraction of sp³-hybridized carbons (Fsp3) is 0.125. The van der Waals surface area contributed by atoms with Crippen molar-refractivity contribution < 1.29 is 9.53 Å². The van der Waals surface area contributed by atoms with Gasteiger partial charge in [-0.3, -0.25) is 4.57 Å². The van der Waals surface area contributed by atoms with Crippen LogP contribution in [-0.2, 0) is 0 Å². The Morgan fingerprint density at radius 2 is 2.22 bits per heavy atom. The number of benzene rings is 1. The van der Waals surface area contributed by atoms with Gasteiger partial charge in [-0.25, -0.2) is 14.8 Å². The minimum atomic E-state index is -0.710. The molecule has 0 saturated heterocycles. The molecule has 3 heterocycles. The molecule has 0 radical (unpaired) electrons. The van der Waals surface area contributed by atoms with Crippen LogP contribution in [0.25, 0.3) is 27.4 Å². The second-order valence-electron chi connectivity index (χ2n) is 5.51. The third-order valence-corrected chi connectivity index (χ3v) is 4.95. The van der Waals surface area contributed by atoms with E-state index in [4.69, 9.17) is 27.8 Å². The first-order chi connectivity index (χ1) is 13.1. The van der Waals surface area contributed by atoms with Gasteiger partial charge < -0.3 is 16.2 Å². The average molecular weight is 404 g/mol. The molecule has 0 bridgehead atoms. The lowest BCUT2D eigenvalue weighted by Gasteiger charge is -2.10. The van der Waals surface area contributed by atoms with Gasteiger partial charge in [-0.05, 0) is 18.2 Å². The predicted octanol–water partition coefficient (Wildman–Crippen LogP) is 2.26. The molecule has 4 N–H and O–H groups in total. The van der Waals surface area contributed by atoms with Crippen LogP contribution in [0.3, 0.4) is 0 Å². The Balaban J connectivity index is 1.81. The molecule has 4 rings (SSSR count). The van der Waals surface area contributed by atoms with Gasteiger partial charge in [0.1, 0.15) is 23.4 Å². The second kappa shape index (κ2) is 6.99.